The predicted octanol–water partition coefficient (Wildman–Crippen LogP) is 2.83. The molecule has 2 atom stereocenters. The first-order valence-corrected chi connectivity index (χ1v) is 10.6. The summed E-state index contributed by atoms with van der Waals surface area (Å²) in [6.45, 7) is 12.6. The Morgan fingerprint density at radius 3 is 2.00 bits per heavy atom. The maximum absolute atomic E-state index is 12.3. The van der Waals surface area contributed by atoms with Crippen molar-refractivity contribution in [2.75, 3.05) is 19.3 Å². The van der Waals surface area contributed by atoms with Gasteiger partial charge in [-0.05, 0) is 60.8 Å². The van der Waals surface area contributed by atoms with Crippen molar-refractivity contribution in [1.82, 2.24) is 9.21 Å². The predicted molar refractivity (Wildman–Crippen MR) is 98.3 cm³/mol. The van der Waals surface area contributed by atoms with Crippen molar-refractivity contribution >= 4 is 22.2 Å². The van der Waals surface area contributed by atoms with E-state index in [0.29, 0.717) is 13.0 Å². The highest BCUT2D eigenvalue weighted by molar-refractivity contribution is 7.88. The van der Waals surface area contributed by atoms with Crippen LogP contribution in [0.1, 0.15) is 54.9 Å². The molecule has 2 unspecified atom stereocenters. The van der Waals surface area contributed by atoms with Crippen molar-refractivity contribution in [1.29, 1.82) is 0 Å². The maximum Gasteiger partial charge on any atom is 0.424 e. The molecule has 1 rings (SSSR count). The summed E-state index contributed by atoms with van der Waals surface area (Å²) in [5.41, 5.74) is -1.41. The summed E-state index contributed by atoms with van der Waals surface area (Å²) in [5.74, 6) is -0.190. The van der Waals surface area contributed by atoms with Gasteiger partial charge < -0.3 is 14.4 Å². The summed E-state index contributed by atoms with van der Waals surface area (Å²) in [6.07, 6.45) is 0.218. The van der Waals surface area contributed by atoms with Gasteiger partial charge in [-0.25, -0.2) is 22.3 Å². The van der Waals surface area contributed by atoms with Crippen LogP contribution >= 0.6 is 0 Å². The van der Waals surface area contributed by atoms with E-state index in [4.69, 9.17) is 9.47 Å². The third-order valence-electron chi connectivity index (χ3n) is 3.94. The lowest BCUT2D eigenvalue weighted by atomic mass is 10.0. The average Bonchev–Trinajstić information content (AvgIpc) is 2.71. The highest BCUT2D eigenvalue weighted by atomic mass is 32.2. The third kappa shape index (κ3) is 6.66. The minimum Gasteiger partial charge on any atom is -0.444 e. The molecular weight excluding hydrogens is 360 g/mol. The van der Waals surface area contributed by atoms with E-state index in [2.05, 4.69) is 0 Å². The van der Waals surface area contributed by atoms with Gasteiger partial charge >= 0.3 is 12.2 Å². The Morgan fingerprint density at radius 1 is 1.08 bits per heavy atom. The number of carbonyl (C=O) groups excluding carboxylic acids is 2. The smallest absolute Gasteiger partial charge is 0.424 e. The number of hydrogen-bond donors (Lipinski definition) is 0. The molecule has 0 spiro atoms. The topological polar surface area (TPSA) is 93.2 Å². The van der Waals surface area contributed by atoms with Crippen LogP contribution in [0.2, 0.25) is 0 Å². The quantitative estimate of drug-likeness (QED) is 0.733. The van der Waals surface area contributed by atoms with Gasteiger partial charge in [-0.15, -0.1) is 0 Å². The van der Waals surface area contributed by atoms with Crippen LogP contribution in [0.3, 0.4) is 0 Å². The zero-order valence-electron chi connectivity index (χ0n) is 17.0. The second-order valence-corrected chi connectivity index (χ2v) is 10.6. The van der Waals surface area contributed by atoms with Crippen molar-refractivity contribution in [3.05, 3.63) is 0 Å². The molecule has 1 fully saturated rings. The first kappa shape index (κ1) is 22.5. The summed E-state index contributed by atoms with van der Waals surface area (Å²) in [6, 6.07) is -0.253. The zero-order valence-corrected chi connectivity index (χ0v) is 17.8. The molecule has 152 valence electrons. The van der Waals surface area contributed by atoms with Gasteiger partial charge in [0.2, 0.25) is 10.0 Å². The van der Waals surface area contributed by atoms with E-state index in [1.54, 1.807) is 46.4 Å². The highest BCUT2D eigenvalue weighted by Crippen LogP contribution is 2.28. The fraction of sp³-hybridized carbons (Fsp3) is 0.882. The summed E-state index contributed by atoms with van der Waals surface area (Å²) in [7, 11) is -3.79. The molecule has 26 heavy (non-hydrogen) atoms. The van der Waals surface area contributed by atoms with Gasteiger partial charge in [-0.1, -0.05) is 0 Å². The van der Waals surface area contributed by atoms with Gasteiger partial charge in [-0.2, -0.15) is 0 Å². The Morgan fingerprint density at radius 2 is 1.58 bits per heavy atom. The fourth-order valence-electron chi connectivity index (χ4n) is 2.70. The summed E-state index contributed by atoms with van der Waals surface area (Å²) >= 11 is 0. The Kier molecular flexibility index (Phi) is 6.60. The van der Waals surface area contributed by atoms with Crippen LogP contribution in [-0.2, 0) is 19.5 Å². The van der Waals surface area contributed by atoms with E-state index in [0.717, 1.165) is 10.6 Å². The van der Waals surface area contributed by atoms with Crippen LogP contribution in [0.25, 0.3) is 0 Å². The van der Waals surface area contributed by atoms with Gasteiger partial charge in [0.1, 0.15) is 11.2 Å². The first-order valence-electron chi connectivity index (χ1n) is 8.71. The van der Waals surface area contributed by atoms with E-state index in [-0.39, 0.29) is 18.5 Å². The number of ether oxygens (including phenoxy) is 2. The first-order chi connectivity index (χ1) is 11.5. The molecule has 1 aliphatic rings. The Bertz CT molecular complexity index is 633. The monoisotopic (exact) mass is 392 g/mol. The van der Waals surface area contributed by atoms with Gasteiger partial charge in [-0.3, -0.25) is 0 Å². The largest absolute Gasteiger partial charge is 0.444 e. The standard InChI is InChI=1S/C17H32N2O6S/c1-12-13(9-10-18(12)14(20)24-16(2,3)4)11-19(26(8,22)23)15(21)25-17(5,6)7/h12-13H,9-11H2,1-8H3. The van der Waals surface area contributed by atoms with Crippen LogP contribution in [0.15, 0.2) is 0 Å². The lowest BCUT2D eigenvalue weighted by molar-refractivity contribution is 0.0214. The number of likely N-dealkylation sites (tertiary alicyclic amines) is 1. The molecule has 0 aliphatic carbocycles. The number of nitrogens with zero attached hydrogens (tertiary/aromatic N) is 2. The van der Waals surface area contributed by atoms with Crippen molar-refractivity contribution in [2.24, 2.45) is 5.92 Å². The van der Waals surface area contributed by atoms with Crippen LogP contribution in [0.5, 0.6) is 0 Å². The van der Waals surface area contributed by atoms with E-state index in [1.165, 1.54) is 0 Å². The SMILES string of the molecule is CC1C(CN(C(=O)OC(C)(C)C)S(C)(=O)=O)CCN1C(=O)OC(C)(C)C. The molecule has 0 aromatic carbocycles. The van der Waals surface area contributed by atoms with Crippen molar-refractivity contribution < 1.29 is 27.5 Å². The molecule has 9 heteroatoms. The molecular formula is C17H32N2O6S. The van der Waals surface area contributed by atoms with Crippen molar-refractivity contribution in [3.8, 4) is 0 Å². The third-order valence-corrected chi connectivity index (χ3v) is 5.04. The average molecular weight is 393 g/mol. The number of sulfonamides is 1. The summed E-state index contributed by atoms with van der Waals surface area (Å²) in [4.78, 5) is 26.2. The molecule has 0 radical (unpaired) electrons. The number of amides is 2. The van der Waals surface area contributed by atoms with E-state index >= 15 is 0 Å². The fourth-order valence-corrected chi connectivity index (χ4v) is 3.47. The maximum atomic E-state index is 12.3. The number of rotatable bonds is 3. The second-order valence-electron chi connectivity index (χ2n) is 8.74. The Hall–Kier alpha value is -1.51. The molecule has 2 amide bonds. The summed E-state index contributed by atoms with van der Waals surface area (Å²) in [5, 5.41) is 0. The molecule has 8 nitrogen and oxygen atoms in total. The van der Waals surface area contributed by atoms with Crippen molar-refractivity contribution in [3.63, 3.8) is 0 Å². The highest BCUT2D eigenvalue weighted by Gasteiger charge is 2.40. The molecule has 1 heterocycles. The van der Waals surface area contributed by atoms with E-state index in [9.17, 15) is 18.0 Å². The molecule has 1 saturated heterocycles. The van der Waals surface area contributed by atoms with Gasteiger partial charge in [0.05, 0.1) is 6.26 Å². The van der Waals surface area contributed by atoms with E-state index < -0.39 is 33.4 Å². The van der Waals surface area contributed by atoms with Gasteiger partial charge in [0, 0.05) is 19.1 Å². The Labute approximate surface area is 156 Å². The minimum absolute atomic E-state index is 0.0335. The molecule has 0 aromatic rings. The number of hydrogen-bond acceptors (Lipinski definition) is 6. The van der Waals surface area contributed by atoms with Gasteiger partial charge in [0.25, 0.3) is 0 Å². The lowest BCUT2D eigenvalue weighted by Crippen LogP contribution is -2.46. The molecule has 0 bridgehead atoms. The van der Waals surface area contributed by atoms with Gasteiger partial charge in [0.15, 0.2) is 0 Å². The zero-order chi connectivity index (χ0) is 20.5. The van der Waals surface area contributed by atoms with Crippen molar-refractivity contribution in [2.45, 2.75) is 72.1 Å². The second kappa shape index (κ2) is 7.62. The lowest BCUT2D eigenvalue weighted by Gasteiger charge is -2.31. The van der Waals surface area contributed by atoms with Crippen LogP contribution in [0, 0.1) is 5.92 Å². The molecule has 0 N–H and O–H groups in total. The summed E-state index contributed by atoms with van der Waals surface area (Å²) < 4.78 is 35.5. The minimum atomic E-state index is -3.79. The molecule has 0 aromatic heterocycles. The normalized spacial score (nSPS) is 21.5. The molecule has 0 saturated carbocycles. The molecule has 1 aliphatic heterocycles. The number of carbonyl (C=O) groups is 2. The van der Waals surface area contributed by atoms with Crippen LogP contribution < -0.4 is 0 Å². The Balaban J connectivity index is 2.87. The van der Waals surface area contributed by atoms with E-state index in [1.807, 2.05) is 6.92 Å². The van der Waals surface area contributed by atoms with Crippen LogP contribution in [-0.4, -0.2) is 66.4 Å². The van der Waals surface area contributed by atoms with Crippen LogP contribution in [0.4, 0.5) is 9.59 Å².